The van der Waals surface area contributed by atoms with E-state index < -0.39 is 23.7 Å². The molecule has 10 heteroatoms. The number of imidazole rings is 1. The van der Waals surface area contributed by atoms with Crippen LogP contribution >= 0.6 is 11.6 Å². The SMILES string of the molecule is Cn1ccnc1C1(CNC(=O)c2cc(-c3ccc(Cl)cc3)c[nH]2)NC(O)NC1=O. The highest BCUT2D eigenvalue weighted by Gasteiger charge is 2.50. The Morgan fingerprint density at radius 1 is 1.34 bits per heavy atom. The molecule has 3 aromatic rings. The Morgan fingerprint density at radius 3 is 2.72 bits per heavy atom. The first-order chi connectivity index (χ1) is 13.9. The van der Waals surface area contributed by atoms with E-state index in [0.717, 1.165) is 11.1 Å². The zero-order valence-electron chi connectivity index (χ0n) is 15.4. The second kappa shape index (κ2) is 7.36. The predicted molar refractivity (Wildman–Crippen MR) is 106 cm³/mol. The molecule has 9 nitrogen and oxygen atoms in total. The summed E-state index contributed by atoms with van der Waals surface area (Å²) in [5, 5.41) is 18.4. The molecule has 1 aliphatic heterocycles. The van der Waals surface area contributed by atoms with E-state index in [9.17, 15) is 14.7 Å². The summed E-state index contributed by atoms with van der Waals surface area (Å²) in [4.78, 5) is 32.4. The summed E-state index contributed by atoms with van der Waals surface area (Å²) < 4.78 is 1.66. The van der Waals surface area contributed by atoms with Gasteiger partial charge in [0.05, 0.1) is 6.54 Å². The molecule has 0 spiro atoms. The van der Waals surface area contributed by atoms with Crippen LogP contribution in [0.5, 0.6) is 0 Å². The third-order valence-electron chi connectivity index (χ3n) is 4.86. The topological polar surface area (TPSA) is 124 Å². The van der Waals surface area contributed by atoms with Crippen molar-refractivity contribution >= 4 is 23.4 Å². The zero-order valence-corrected chi connectivity index (χ0v) is 16.2. The Kier molecular flexibility index (Phi) is 4.87. The largest absolute Gasteiger partial charge is 0.361 e. The zero-order chi connectivity index (χ0) is 20.6. The first kappa shape index (κ1) is 19.2. The van der Waals surface area contributed by atoms with Crippen LogP contribution in [0.2, 0.25) is 5.02 Å². The van der Waals surface area contributed by atoms with Gasteiger partial charge in [0.15, 0.2) is 11.9 Å². The van der Waals surface area contributed by atoms with E-state index in [1.807, 2.05) is 12.1 Å². The Hall–Kier alpha value is -3.14. The Bertz CT molecular complexity index is 1060. The van der Waals surface area contributed by atoms with Crippen LogP contribution in [0.4, 0.5) is 0 Å². The average molecular weight is 415 g/mol. The van der Waals surface area contributed by atoms with Crippen LogP contribution in [0, 0.1) is 0 Å². The van der Waals surface area contributed by atoms with E-state index in [0.29, 0.717) is 16.5 Å². The number of carbonyl (C=O) groups is 2. The van der Waals surface area contributed by atoms with E-state index in [4.69, 9.17) is 11.6 Å². The number of nitrogens with one attached hydrogen (secondary N) is 4. The van der Waals surface area contributed by atoms with Gasteiger partial charge in [-0.1, -0.05) is 23.7 Å². The average Bonchev–Trinajstić information content (AvgIpc) is 3.40. The molecule has 0 bridgehead atoms. The lowest BCUT2D eigenvalue weighted by molar-refractivity contribution is -0.125. The fourth-order valence-electron chi connectivity index (χ4n) is 3.38. The number of nitrogens with zero attached hydrogens (tertiary/aromatic N) is 2. The van der Waals surface area contributed by atoms with Gasteiger partial charge in [-0.3, -0.25) is 14.9 Å². The van der Waals surface area contributed by atoms with Gasteiger partial charge in [0.1, 0.15) is 11.5 Å². The minimum atomic E-state index is -1.39. The number of aromatic nitrogens is 3. The van der Waals surface area contributed by atoms with Crippen LogP contribution < -0.4 is 16.0 Å². The second-order valence-corrected chi connectivity index (χ2v) is 7.22. The smallest absolute Gasteiger partial charge is 0.267 e. The van der Waals surface area contributed by atoms with Crippen molar-refractivity contribution in [2.24, 2.45) is 7.05 Å². The lowest BCUT2D eigenvalue weighted by Gasteiger charge is -2.26. The number of halogens is 1. The van der Waals surface area contributed by atoms with Gasteiger partial charge < -0.3 is 25.3 Å². The standard InChI is InChI=1S/C19H19ClN6O3/c1-26-7-6-21-16(26)19(17(28)24-18(29)25-19)10-23-15(27)14-8-12(9-22-14)11-2-4-13(20)5-3-11/h2-9,18,22,25,29H,10H2,1H3,(H,23,27)(H,24,28). The van der Waals surface area contributed by atoms with Gasteiger partial charge in [0, 0.05) is 30.7 Å². The predicted octanol–water partition coefficient (Wildman–Crippen LogP) is 0.689. The fraction of sp³-hybridized carbons (Fsp3) is 0.211. The molecule has 0 radical (unpaired) electrons. The summed E-state index contributed by atoms with van der Waals surface area (Å²) in [5.74, 6) is -0.497. The van der Waals surface area contributed by atoms with Crippen LogP contribution in [0.15, 0.2) is 48.9 Å². The Labute approximate surface area is 171 Å². The highest BCUT2D eigenvalue weighted by molar-refractivity contribution is 6.30. The van der Waals surface area contributed by atoms with Gasteiger partial charge in [0.25, 0.3) is 11.8 Å². The number of aliphatic hydroxyl groups excluding tert-OH is 1. The molecule has 29 heavy (non-hydrogen) atoms. The van der Waals surface area contributed by atoms with Gasteiger partial charge in [-0.15, -0.1) is 0 Å². The number of rotatable bonds is 5. The fourth-order valence-corrected chi connectivity index (χ4v) is 3.50. The van der Waals surface area contributed by atoms with Crippen molar-refractivity contribution in [2.75, 3.05) is 6.54 Å². The first-order valence-corrected chi connectivity index (χ1v) is 9.24. The van der Waals surface area contributed by atoms with Crippen LogP contribution in [0.1, 0.15) is 16.3 Å². The van der Waals surface area contributed by atoms with Gasteiger partial charge in [-0.25, -0.2) is 4.98 Å². The third-order valence-corrected chi connectivity index (χ3v) is 5.11. The number of hydrogen-bond acceptors (Lipinski definition) is 5. The molecule has 0 aliphatic carbocycles. The molecule has 1 saturated heterocycles. The second-order valence-electron chi connectivity index (χ2n) is 6.78. The van der Waals surface area contributed by atoms with Crippen molar-refractivity contribution in [1.82, 2.24) is 30.5 Å². The van der Waals surface area contributed by atoms with Crippen molar-refractivity contribution in [3.05, 3.63) is 65.5 Å². The lowest BCUT2D eigenvalue weighted by Crippen LogP contribution is -2.54. The van der Waals surface area contributed by atoms with Gasteiger partial charge >= 0.3 is 0 Å². The Balaban J connectivity index is 1.53. The van der Waals surface area contributed by atoms with Gasteiger partial charge in [0.2, 0.25) is 0 Å². The minimum Gasteiger partial charge on any atom is -0.361 e. The number of aromatic amines is 1. The number of carbonyl (C=O) groups excluding carboxylic acids is 2. The molecule has 1 aliphatic rings. The molecule has 3 heterocycles. The maximum absolute atomic E-state index is 12.7. The molecule has 2 amide bonds. The van der Waals surface area contributed by atoms with Crippen molar-refractivity contribution in [3.63, 3.8) is 0 Å². The van der Waals surface area contributed by atoms with Crippen molar-refractivity contribution in [3.8, 4) is 11.1 Å². The van der Waals surface area contributed by atoms with Crippen LogP contribution in [0.3, 0.4) is 0 Å². The molecule has 150 valence electrons. The van der Waals surface area contributed by atoms with Crippen LogP contribution in [0.25, 0.3) is 11.1 Å². The number of hydrogen-bond donors (Lipinski definition) is 5. The number of H-pyrrole nitrogens is 1. The minimum absolute atomic E-state index is 0.102. The van der Waals surface area contributed by atoms with E-state index >= 15 is 0 Å². The van der Waals surface area contributed by atoms with Crippen molar-refractivity contribution in [2.45, 2.75) is 11.9 Å². The summed E-state index contributed by atoms with van der Waals surface area (Å²) >= 11 is 5.91. The van der Waals surface area contributed by atoms with E-state index in [-0.39, 0.29) is 6.54 Å². The number of aryl methyl sites for hydroxylation is 1. The monoisotopic (exact) mass is 414 g/mol. The van der Waals surface area contributed by atoms with Gasteiger partial charge in [-0.05, 0) is 29.3 Å². The summed E-state index contributed by atoms with van der Waals surface area (Å²) in [7, 11) is 1.73. The molecule has 5 N–H and O–H groups in total. The van der Waals surface area contributed by atoms with E-state index in [2.05, 4.69) is 25.9 Å². The molecule has 0 saturated carbocycles. The molecule has 1 fully saturated rings. The molecule has 2 unspecified atom stereocenters. The third kappa shape index (κ3) is 3.51. The number of benzene rings is 1. The van der Waals surface area contributed by atoms with Crippen molar-refractivity contribution < 1.29 is 14.7 Å². The molecule has 2 aromatic heterocycles. The molecule has 1 aromatic carbocycles. The van der Waals surface area contributed by atoms with Crippen LogP contribution in [-0.4, -0.2) is 44.4 Å². The van der Waals surface area contributed by atoms with Gasteiger partial charge in [-0.2, -0.15) is 0 Å². The van der Waals surface area contributed by atoms with Crippen LogP contribution in [-0.2, 0) is 17.4 Å². The maximum atomic E-state index is 12.7. The van der Waals surface area contributed by atoms with E-state index in [1.54, 1.807) is 48.4 Å². The summed E-state index contributed by atoms with van der Waals surface area (Å²) in [6.07, 6.45) is 3.71. The highest BCUT2D eigenvalue weighted by atomic mass is 35.5. The quantitative estimate of drug-likeness (QED) is 0.420. The maximum Gasteiger partial charge on any atom is 0.267 e. The number of aliphatic hydroxyl groups is 1. The Morgan fingerprint density at radius 2 is 2.10 bits per heavy atom. The summed E-state index contributed by atoms with van der Waals surface area (Å²) in [6.45, 7) is -0.102. The van der Waals surface area contributed by atoms with E-state index in [1.165, 1.54) is 0 Å². The molecule has 2 atom stereocenters. The molecular formula is C19H19ClN6O3. The number of amides is 2. The highest BCUT2D eigenvalue weighted by Crippen LogP contribution is 2.25. The molecular weight excluding hydrogens is 396 g/mol. The first-order valence-electron chi connectivity index (χ1n) is 8.86. The normalized spacial score (nSPS) is 21.2. The molecule has 4 rings (SSSR count). The summed E-state index contributed by atoms with van der Waals surface area (Å²) in [6, 6.07) is 8.98. The summed E-state index contributed by atoms with van der Waals surface area (Å²) in [5.41, 5.74) is 0.690. The lowest BCUT2D eigenvalue weighted by atomic mass is 9.98. The van der Waals surface area contributed by atoms with Crippen molar-refractivity contribution in [1.29, 1.82) is 0 Å².